The minimum atomic E-state index is -0.605. The first-order valence-corrected chi connectivity index (χ1v) is 7.85. The maximum Gasteiger partial charge on any atom is 0.306 e. The smallest absolute Gasteiger partial charge is 0.306 e. The zero-order chi connectivity index (χ0) is 15.1. The molecule has 2 saturated carbocycles. The van der Waals surface area contributed by atoms with Crippen molar-refractivity contribution in [2.24, 2.45) is 23.7 Å². The zero-order valence-corrected chi connectivity index (χ0v) is 16.4. The first kappa shape index (κ1) is 20.6. The molecule has 5 heteroatoms. The molecule has 0 aliphatic heterocycles. The number of carboxylic acid groups (broad SMARTS) is 2. The van der Waals surface area contributed by atoms with Crippen molar-refractivity contribution in [1.29, 1.82) is 0 Å². The van der Waals surface area contributed by atoms with Gasteiger partial charge in [0.2, 0.25) is 0 Å². The van der Waals surface area contributed by atoms with Gasteiger partial charge in [0.25, 0.3) is 0 Å². The number of aliphatic carboxylic acids is 2. The van der Waals surface area contributed by atoms with Crippen LogP contribution >= 0.6 is 0 Å². The van der Waals surface area contributed by atoms with Crippen LogP contribution in [0.2, 0.25) is 0 Å². The zero-order valence-electron chi connectivity index (χ0n) is 13.4. The van der Waals surface area contributed by atoms with E-state index in [4.69, 9.17) is 10.2 Å². The van der Waals surface area contributed by atoms with Gasteiger partial charge in [0, 0.05) is 19.5 Å². The Morgan fingerprint density at radius 2 is 0.905 bits per heavy atom. The third-order valence-corrected chi connectivity index (χ3v) is 4.73. The molecule has 0 atom stereocenters. The molecule has 0 bridgehead atoms. The molecule has 0 aromatic heterocycles. The van der Waals surface area contributed by atoms with E-state index in [-0.39, 0.29) is 31.3 Å². The normalized spacial score (nSPS) is 32.1. The molecule has 0 aromatic rings. The molecule has 21 heavy (non-hydrogen) atoms. The topological polar surface area (TPSA) is 74.6 Å². The summed E-state index contributed by atoms with van der Waals surface area (Å²) in [6.07, 6.45) is 7.92. The Bertz CT molecular complexity index is 284. The monoisotopic (exact) mass is 348 g/mol. The van der Waals surface area contributed by atoms with Crippen LogP contribution in [0.25, 0.3) is 0 Å². The molecule has 0 saturated heterocycles. The van der Waals surface area contributed by atoms with Crippen LogP contribution in [0.1, 0.15) is 65.2 Å². The van der Waals surface area contributed by atoms with Gasteiger partial charge in [-0.3, -0.25) is 9.59 Å². The summed E-state index contributed by atoms with van der Waals surface area (Å²) in [7, 11) is 0. The van der Waals surface area contributed by atoms with Crippen LogP contribution in [0.4, 0.5) is 0 Å². The Morgan fingerprint density at radius 1 is 0.667 bits per heavy atom. The van der Waals surface area contributed by atoms with Crippen molar-refractivity contribution in [1.82, 2.24) is 0 Å². The van der Waals surface area contributed by atoms with E-state index in [1.807, 2.05) is 0 Å². The Kier molecular flexibility index (Phi) is 10.1. The summed E-state index contributed by atoms with van der Waals surface area (Å²) in [5.74, 6) is 0.192. The van der Waals surface area contributed by atoms with Gasteiger partial charge in [0.1, 0.15) is 0 Å². The van der Waals surface area contributed by atoms with Gasteiger partial charge in [0.05, 0.1) is 11.8 Å². The quantitative estimate of drug-likeness (QED) is 0.744. The molecule has 0 spiro atoms. The number of carbonyl (C=O) groups is 2. The van der Waals surface area contributed by atoms with Gasteiger partial charge < -0.3 is 10.2 Å². The van der Waals surface area contributed by atoms with Crippen molar-refractivity contribution < 1.29 is 39.3 Å². The van der Waals surface area contributed by atoms with Crippen molar-refractivity contribution in [3.8, 4) is 0 Å². The minimum absolute atomic E-state index is 0. The van der Waals surface area contributed by atoms with E-state index in [2.05, 4.69) is 13.8 Å². The summed E-state index contributed by atoms with van der Waals surface area (Å²) in [6, 6.07) is 0. The van der Waals surface area contributed by atoms with Gasteiger partial charge >= 0.3 is 11.9 Å². The van der Waals surface area contributed by atoms with E-state index < -0.39 is 11.9 Å². The minimum Gasteiger partial charge on any atom is -0.481 e. The fourth-order valence-corrected chi connectivity index (χ4v) is 3.01. The molecule has 0 amide bonds. The summed E-state index contributed by atoms with van der Waals surface area (Å²) in [4.78, 5) is 20.9. The molecule has 0 radical (unpaired) electrons. The average molecular weight is 350 g/mol. The number of carboxylic acids is 2. The Balaban J connectivity index is 0.000000364. The molecule has 118 valence electrons. The molecule has 0 unspecified atom stereocenters. The van der Waals surface area contributed by atoms with Crippen LogP contribution in [0.5, 0.6) is 0 Å². The predicted octanol–water partition coefficient (Wildman–Crippen LogP) is 3.79. The molecule has 2 aliphatic carbocycles. The second kappa shape index (κ2) is 10.3. The average Bonchev–Trinajstić information content (AvgIpc) is 2.40. The first-order chi connectivity index (χ1) is 9.40. The standard InChI is InChI=1S/2C8H14O2.Zn/c2*1-6-2-4-7(5-3-6)8(9)10;/h2*6-7H,2-5H2,1H3,(H,9,10);. The van der Waals surface area contributed by atoms with E-state index >= 15 is 0 Å². The van der Waals surface area contributed by atoms with Crippen molar-refractivity contribution in [3.05, 3.63) is 0 Å². The molecular weight excluding hydrogens is 322 g/mol. The van der Waals surface area contributed by atoms with Crippen molar-refractivity contribution >= 4 is 11.9 Å². The molecule has 2 N–H and O–H groups in total. The summed E-state index contributed by atoms with van der Waals surface area (Å²) < 4.78 is 0. The van der Waals surface area contributed by atoms with Crippen LogP contribution in [0.15, 0.2) is 0 Å². The fraction of sp³-hybridized carbons (Fsp3) is 0.875. The number of rotatable bonds is 2. The Morgan fingerprint density at radius 3 is 1.10 bits per heavy atom. The second-order valence-corrected chi connectivity index (χ2v) is 6.59. The van der Waals surface area contributed by atoms with Crippen LogP contribution in [-0.2, 0) is 29.1 Å². The van der Waals surface area contributed by atoms with Gasteiger partial charge in [-0.25, -0.2) is 0 Å². The molecule has 4 nitrogen and oxygen atoms in total. The van der Waals surface area contributed by atoms with Gasteiger partial charge in [0.15, 0.2) is 0 Å². The van der Waals surface area contributed by atoms with E-state index in [9.17, 15) is 9.59 Å². The summed E-state index contributed by atoms with van der Waals surface area (Å²) in [5.41, 5.74) is 0. The van der Waals surface area contributed by atoms with Crippen LogP contribution in [0, 0.1) is 23.7 Å². The van der Waals surface area contributed by atoms with E-state index in [0.29, 0.717) is 0 Å². The SMILES string of the molecule is CC1CCC(C(=O)O)CC1.CC1CCC(C(=O)O)CC1.[Zn]. The summed E-state index contributed by atoms with van der Waals surface area (Å²) >= 11 is 0. The van der Waals surface area contributed by atoms with Gasteiger partial charge in [-0.05, 0) is 63.2 Å². The molecule has 0 heterocycles. The molecule has 2 fully saturated rings. The second-order valence-electron chi connectivity index (χ2n) is 6.59. The maximum atomic E-state index is 10.5. The van der Waals surface area contributed by atoms with Crippen LogP contribution < -0.4 is 0 Å². The Labute approximate surface area is 140 Å². The third kappa shape index (κ3) is 7.94. The van der Waals surface area contributed by atoms with Crippen LogP contribution in [0.3, 0.4) is 0 Å². The summed E-state index contributed by atoms with van der Waals surface area (Å²) in [6.45, 7) is 4.39. The predicted molar refractivity (Wildman–Crippen MR) is 77.5 cm³/mol. The molecule has 0 aromatic carbocycles. The van der Waals surface area contributed by atoms with Gasteiger partial charge in [-0.1, -0.05) is 13.8 Å². The van der Waals surface area contributed by atoms with Gasteiger partial charge in [-0.15, -0.1) is 0 Å². The van der Waals surface area contributed by atoms with E-state index in [1.165, 1.54) is 0 Å². The Hall–Kier alpha value is -0.437. The maximum absolute atomic E-state index is 10.5. The largest absolute Gasteiger partial charge is 0.481 e. The van der Waals surface area contributed by atoms with Crippen LogP contribution in [-0.4, -0.2) is 22.2 Å². The van der Waals surface area contributed by atoms with Crippen molar-refractivity contribution in [2.45, 2.75) is 65.2 Å². The first-order valence-electron chi connectivity index (χ1n) is 7.85. The summed E-state index contributed by atoms with van der Waals surface area (Å²) in [5, 5.41) is 17.2. The third-order valence-electron chi connectivity index (χ3n) is 4.73. The molecular formula is C16H28O4Zn. The van der Waals surface area contributed by atoms with Crippen molar-refractivity contribution in [2.75, 3.05) is 0 Å². The molecule has 2 rings (SSSR count). The van der Waals surface area contributed by atoms with E-state index in [1.54, 1.807) is 0 Å². The fourth-order valence-electron chi connectivity index (χ4n) is 3.01. The van der Waals surface area contributed by atoms with Crippen molar-refractivity contribution in [3.63, 3.8) is 0 Å². The number of hydrogen-bond donors (Lipinski definition) is 2. The van der Waals surface area contributed by atoms with Gasteiger partial charge in [-0.2, -0.15) is 0 Å². The molecule has 2 aliphatic rings. The number of hydrogen-bond acceptors (Lipinski definition) is 2. The van der Waals surface area contributed by atoms with E-state index in [0.717, 1.165) is 63.2 Å².